The summed E-state index contributed by atoms with van der Waals surface area (Å²) in [6.07, 6.45) is 2.54. The molecule has 0 saturated heterocycles. The van der Waals surface area contributed by atoms with E-state index in [2.05, 4.69) is 9.71 Å². The fourth-order valence-corrected chi connectivity index (χ4v) is 2.35. The van der Waals surface area contributed by atoms with E-state index in [1.165, 1.54) is 18.3 Å². The number of nitrogens with one attached hydrogen (secondary N) is 1. The topological polar surface area (TPSA) is 72.2 Å². The normalized spacial score (nSPS) is 13.4. The minimum Gasteiger partial charge on any atom is -0.439 e. The molecular formula is C12H13FN2O3S. The molecule has 0 amide bonds. The molecule has 0 aliphatic rings. The lowest BCUT2D eigenvalue weighted by molar-refractivity contribution is 0.453. The average molecular weight is 284 g/mol. The smallest absolute Gasteiger partial charge is 0.212 e. The highest BCUT2D eigenvalue weighted by Crippen LogP contribution is 2.23. The number of nitrogens with zero attached hydrogens (tertiary/aromatic N) is 1. The Morgan fingerprint density at radius 3 is 2.53 bits per heavy atom. The highest BCUT2D eigenvalue weighted by atomic mass is 32.2. The van der Waals surface area contributed by atoms with Gasteiger partial charge in [0.25, 0.3) is 0 Å². The lowest BCUT2D eigenvalue weighted by atomic mass is 10.2. The molecule has 1 unspecified atom stereocenters. The van der Waals surface area contributed by atoms with Crippen LogP contribution in [0.15, 0.2) is 34.9 Å². The number of hydrogen-bond donors (Lipinski definition) is 1. The lowest BCUT2D eigenvalue weighted by Gasteiger charge is -2.07. The van der Waals surface area contributed by atoms with E-state index in [0.717, 1.165) is 6.26 Å². The van der Waals surface area contributed by atoms with E-state index in [1.807, 2.05) is 0 Å². The molecule has 0 fully saturated rings. The van der Waals surface area contributed by atoms with Crippen LogP contribution in [0.1, 0.15) is 18.9 Å². The minimum absolute atomic E-state index is 0.254. The number of aromatic nitrogens is 1. The van der Waals surface area contributed by atoms with Crippen molar-refractivity contribution >= 4 is 10.0 Å². The van der Waals surface area contributed by atoms with Crippen molar-refractivity contribution in [2.45, 2.75) is 13.0 Å². The molecule has 2 rings (SSSR count). The van der Waals surface area contributed by atoms with Gasteiger partial charge in [-0.3, -0.25) is 0 Å². The molecule has 0 spiro atoms. The fraction of sp³-hybridized carbons (Fsp3) is 0.250. The second kappa shape index (κ2) is 5.10. The van der Waals surface area contributed by atoms with Crippen molar-refractivity contribution in [1.29, 1.82) is 0 Å². The Labute approximate surface area is 110 Å². The first-order chi connectivity index (χ1) is 8.85. The number of benzene rings is 1. The van der Waals surface area contributed by atoms with Crippen LogP contribution in [0.4, 0.5) is 4.39 Å². The quantitative estimate of drug-likeness (QED) is 0.933. The van der Waals surface area contributed by atoms with E-state index in [9.17, 15) is 12.8 Å². The molecule has 1 heterocycles. The third-order valence-electron chi connectivity index (χ3n) is 2.41. The largest absolute Gasteiger partial charge is 0.439 e. The summed E-state index contributed by atoms with van der Waals surface area (Å²) in [4.78, 5) is 4.01. The first kappa shape index (κ1) is 13.7. The van der Waals surface area contributed by atoms with Crippen molar-refractivity contribution in [3.05, 3.63) is 42.2 Å². The summed E-state index contributed by atoms with van der Waals surface area (Å²) in [6, 6.07) is 5.19. The number of rotatable bonds is 4. The van der Waals surface area contributed by atoms with E-state index < -0.39 is 16.1 Å². The summed E-state index contributed by atoms with van der Waals surface area (Å²) >= 11 is 0. The molecule has 1 N–H and O–H groups in total. The van der Waals surface area contributed by atoms with Gasteiger partial charge in [0.15, 0.2) is 5.76 Å². The molecule has 0 aliphatic heterocycles. The van der Waals surface area contributed by atoms with Gasteiger partial charge >= 0.3 is 0 Å². The van der Waals surface area contributed by atoms with Crippen molar-refractivity contribution in [1.82, 2.24) is 9.71 Å². The van der Waals surface area contributed by atoms with Crippen LogP contribution in [0.5, 0.6) is 0 Å². The third kappa shape index (κ3) is 3.62. The predicted octanol–water partition coefficient (Wildman–Crippen LogP) is 2.09. The second-order valence-electron chi connectivity index (χ2n) is 4.18. The van der Waals surface area contributed by atoms with Gasteiger partial charge in [0.1, 0.15) is 5.82 Å². The molecule has 19 heavy (non-hydrogen) atoms. The van der Waals surface area contributed by atoms with Gasteiger partial charge in [0.05, 0.1) is 18.5 Å². The Bertz CT molecular complexity index is 665. The second-order valence-corrected chi connectivity index (χ2v) is 5.96. The molecule has 0 saturated carbocycles. The summed E-state index contributed by atoms with van der Waals surface area (Å²) in [5, 5.41) is 0. The molecule has 2 aromatic rings. The SMILES string of the molecule is CC(NS(C)(=O)=O)c1ncc(-c2ccc(F)cc2)o1. The van der Waals surface area contributed by atoms with Gasteiger partial charge in [-0.25, -0.2) is 22.5 Å². The van der Waals surface area contributed by atoms with Gasteiger partial charge in [0, 0.05) is 5.56 Å². The number of oxazole rings is 1. The molecular weight excluding hydrogens is 271 g/mol. The third-order valence-corrected chi connectivity index (χ3v) is 3.20. The van der Waals surface area contributed by atoms with Gasteiger partial charge in [0.2, 0.25) is 15.9 Å². The summed E-state index contributed by atoms with van der Waals surface area (Å²) in [5.74, 6) is 0.373. The van der Waals surface area contributed by atoms with Gasteiger partial charge in [-0.1, -0.05) is 0 Å². The van der Waals surface area contributed by atoms with Gasteiger partial charge < -0.3 is 4.42 Å². The van der Waals surface area contributed by atoms with Crippen molar-refractivity contribution in [3.8, 4) is 11.3 Å². The van der Waals surface area contributed by atoms with E-state index in [-0.39, 0.29) is 11.7 Å². The Morgan fingerprint density at radius 2 is 1.95 bits per heavy atom. The lowest BCUT2D eigenvalue weighted by Crippen LogP contribution is -2.25. The maximum Gasteiger partial charge on any atom is 0.212 e. The highest BCUT2D eigenvalue weighted by molar-refractivity contribution is 7.88. The molecule has 1 atom stereocenters. The molecule has 0 aliphatic carbocycles. The van der Waals surface area contributed by atoms with Crippen molar-refractivity contribution in [3.63, 3.8) is 0 Å². The van der Waals surface area contributed by atoms with Crippen LogP contribution >= 0.6 is 0 Å². The van der Waals surface area contributed by atoms with Crippen LogP contribution in [0.25, 0.3) is 11.3 Å². The predicted molar refractivity (Wildman–Crippen MR) is 68.3 cm³/mol. The van der Waals surface area contributed by atoms with Crippen molar-refractivity contribution in [2.24, 2.45) is 0 Å². The van der Waals surface area contributed by atoms with E-state index >= 15 is 0 Å². The van der Waals surface area contributed by atoms with Crippen LogP contribution in [0, 0.1) is 5.82 Å². The Hall–Kier alpha value is -1.73. The summed E-state index contributed by atoms with van der Waals surface area (Å²) in [6.45, 7) is 1.63. The van der Waals surface area contributed by atoms with Crippen molar-refractivity contribution < 1.29 is 17.2 Å². The van der Waals surface area contributed by atoms with Crippen LogP contribution < -0.4 is 4.72 Å². The standard InChI is InChI=1S/C12H13FN2O3S/c1-8(15-19(2,16)17)12-14-7-11(18-12)9-3-5-10(13)6-4-9/h3-8,15H,1-2H3. The van der Waals surface area contributed by atoms with Crippen LogP contribution in [-0.4, -0.2) is 19.7 Å². The van der Waals surface area contributed by atoms with Gasteiger partial charge in [-0.15, -0.1) is 0 Å². The van der Waals surface area contributed by atoms with Crippen LogP contribution in [-0.2, 0) is 10.0 Å². The van der Waals surface area contributed by atoms with Crippen LogP contribution in [0.3, 0.4) is 0 Å². The fourth-order valence-electron chi connectivity index (χ4n) is 1.61. The van der Waals surface area contributed by atoms with Crippen molar-refractivity contribution in [2.75, 3.05) is 6.26 Å². The van der Waals surface area contributed by atoms with E-state index in [4.69, 9.17) is 4.42 Å². The molecule has 5 nitrogen and oxygen atoms in total. The zero-order chi connectivity index (χ0) is 14.0. The molecule has 102 valence electrons. The Balaban J connectivity index is 2.21. The van der Waals surface area contributed by atoms with Gasteiger partial charge in [-0.2, -0.15) is 0 Å². The first-order valence-electron chi connectivity index (χ1n) is 5.54. The van der Waals surface area contributed by atoms with Gasteiger partial charge in [-0.05, 0) is 31.2 Å². The maximum atomic E-state index is 12.8. The van der Waals surface area contributed by atoms with E-state index in [0.29, 0.717) is 11.3 Å². The number of halogens is 1. The Kier molecular flexibility index (Phi) is 3.68. The average Bonchev–Trinajstić information content (AvgIpc) is 2.77. The zero-order valence-corrected chi connectivity index (χ0v) is 11.2. The maximum absolute atomic E-state index is 12.8. The summed E-state index contributed by atoms with van der Waals surface area (Å²) in [7, 11) is -3.33. The number of sulfonamides is 1. The molecule has 0 radical (unpaired) electrons. The van der Waals surface area contributed by atoms with Crippen LogP contribution in [0.2, 0.25) is 0 Å². The minimum atomic E-state index is -3.33. The molecule has 0 bridgehead atoms. The summed E-state index contributed by atoms with van der Waals surface area (Å²) in [5.41, 5.74) is 0.673. The molecule has 1 aromatic heterocycles. The zero-order valence-electron chi connectivity index (χ0n) is 10.4. The Morgan fingerprint density at radius 1 is 1.32 bits per heavy atom. The molecule has 1 aromatic carbocycles. The van der Waals surface area contributed by atoms with E-state index in [1.54, 1.807) is 19.1 Å². The number of hydrogen-bond acceptors (Lipinski definition) is 4. The first-order valence-corrected chi connectivity index (χ1v) is 7.43. The monoisotopic (exact) mass is 284 g/mol. The molecule has 7 heteroatoms. The highest BCUT2D eigenvalue weighted by Gasteiger charge is 2.16. The summed E-state index contributed by atoms with van der Waals surface area (Å²) < 4.78 is 42.8.